The van der Waals surface area contributed by atoms with E-state index in [9.17, 15) is 9.59 Å². The number of nitrogens with one attached hydrogen (secondary N) is 2. The minimum atomic E-state index is -0.230. The second-order valence-electron chi connectivity index (χ2n) is 4.77. The van der Waals surface area contributed by atoms with Crippen molar-refractivity contribution < 1.29 is 14.3 Å². The number of anilines is 1. The van der Waals surface area contributed by atoms with E-state index in [4.69, 9.17) is 4.74 Å². The lowest BCUT2D eigenvalue weighted by Crippen LogP contribution is -2.23. The first-order valence-corrected chi connectivity index (χ1v) is 7.29. The van der Waals surface area contributed by atoms with Crippen molar-refractivity contribution in [1.29, 1.82) is 0 Å². The molecule has 1 aromatic carbocycles. The van der Waals surface area contributed by atoms with Gasteiger partial charge in [-0.15, -0.1) is 0 Å². The van der Waals surface area contributed by atoms with Crippen molar-refractivity contribution in [3.05, 3.63) is 54.4 Å². The number of aromatic nitrogens is 1. The molecule has 0 aliphatic carbocycles. The van der Waals surface area contributed by atoms with E-state index in [1.54, 1.807) is 48.8 Å². The Morgan fingerprint density at radius 2 is 1.96 bits per heavy atom. The van der Waals surface area contributed by atoms with E-state index in [0.29, 0.717) is 17.0 Å². The Kier molecular flexibility index (Phi) is 6.35. The van der Waals surface area contributed by atoms with Gasteiger partial charge >= 0.3 is 0 Å². The first kappa shape index (κ1) is 17.0. The number of nitrogens with zero attached hydrogens (tertiary/aromatic N) is 1. The van der Waals surface area contributed by atoms with Gasteiger partial charge in [0.2, 0.25) is 5.91 Å². The number of pyridine rings is 1. The fourth-order valence-electron chi connectivity index (χ4n) is 1.80. The zero-order valence-electron chi connectivity index (χ0n) is 13.2. The minimum Gasteiger partial charge on any atom is -0.479 e. The Hall–Kier alpha value is -3.33. The van der Waals surface area contributed by atoms with Crippen molar-refractivity contribution in [3.63, 3.8) is 0 Å². The highest BCUT2D eigenvalue weighted by Crippen LogP contribution is 2.09. The molecular formula is C18H17N3O3. The van der Waals surface area contributed by atoms with Crippen molar-refractivity contribution in [2.24, 2.45) is 0 Å². The van der Waals surface area contributed by atoms with Crippen LogP contribution in [0, 0.1) is 11.8 Å². The van der Waals surface area contributed by atoms with Crippen molar-refractivity contribution in [3.8, 4) is 17.6 Å². The van der Waals surface area contributed by atoms with Crippen molar-refractivity contribution in [1.82, 2.24) is 10.3 Å². The number of amides is 2. The third-order valence-electron chi connectivity index (χ3n) is 2.88. The summed E-state index contributed by atoms with van der Waals surface area (Å²) in [6, 6.07) is 10.2. The molecule has 24 heavy (non-hydrogen) atoms. The summed E-state index contributed by atoms with van der Waals surface area (Å²) < 4.78 is 5.36. The molecular weight excluding hydrogens is 306 g/mol. The zero-order chi connectivity index (χ0) is 17.2. The summed E-state index contributed by atoms with van der Waals surface area (Å²) in [5.74, 6) is 5.88. The summed E-state index contributed by atoms with van der Waals surface area (Å²) in [5.41, 5.74) is 1.14. The predicted molar refractivity (Wildman–Crippen MR) is 90.6 cm³/mol. The molecule has 1 aromatic heterocycles. The van der Waals surface area contributed by atoms with E-state index < -0.39 is 0 Å². The molecule has 2 amide bonds. The Balaban J connectivity index is 1.73. The van der Waals surface area contributed by atoms with Crippen LogP contribution in [-0.2, 0) is 4.79 Å². The molecule has 2 rings (SSSR count). The molecule has 0 radical (unpaired) electrons. The number of benzene rings is 1. The average molecular weight is 323 g/mol. The lowest BCUT2D eigenvalue weighted by molar-refractivity contribution is -0.114. The van der Waals surface area contributed by atoms with Gasteiger partial charge in [-0.25, -0.2) is 0 Å². The van der Waals surface area contributed by atoms with Gasteiger partial charge < -0.3 is 15.4 Å². The third kappa shape index (κ3) is 5.81. The Labute approximate surface area is 140 Å². The Morgan fingerprint density at radius 3 is 2.62 bits per heavy atom. The maximum absolute atomic E-state index is 11.9. The van der Waals surface area contributed by atoms with Crippen LogP contribution in [0.3, 0.4) is 0 Å². The van der Waals surface area contributed by atoms with E-state index in [1.807, 2.05) is 0 Å². The van der Waals surface area contributed by atoms with Gasteiger partial charge in [0.1, 0.15) is 12.4 Å². The number of ether oxygens (including phenoxy) is 1. The molecule has 0 aliphatic rings. The van der Waals surface area contributed by atoms with Gasteiger partial charge in [-0.05, 0) is 36.4 Å². The SMILES string of the molecule is CC(=O)Nc1ccc(C(=O)NCC#CCOc2cccnc2)cc1. The van der Waals surface area contributed by atoms with E-state index in [2.05, 4.69) is 27.5 Å². The minimum absolute atomic E-state index is 0.157. The molecule has 0 atom stereocenters. The van der Waals surface area contributed by atoms with Crippen molar-refractivity contribution >= 4 is 17.5 Å². The lowest BCUT2D eigenvalue weighted by atomic mass is 10.2. The third-order valence-corrected chi connectivity index (χ3v) is 2.88. The number of hydrogen-bond donors (Lipinski definition) is 2. The molecule has 6 nitrogen and oxygen atoms in total. The van der Waals surface area contributed by atoms with Crippen molar-refractivity contribution in [2.45, 2.75) is 6.92 Å². The average Bonchev–Trinajstić information content (AvgIpc) is 2.59. The van der Waals surface area contributed by atoms with Gasteiger partial charge in [-0.2, -0.15) is 0 Å². The molecule has 122 valence electrons. The molecule has 0 aliphatic heterocycles. The highest BCUT2D eigenvalue weighted by atomic mass is 16.5. The molecule has 2 N–H and O–H groups in total. The lowest BCUT2D eigenvalue weighted by Gasteiger charge is -2.04. The number of carbonyl (C=O) groups is 2. The van der Waals surface area contributed by atoms with Crippen LogP contribution in [0.4, 0.5) is 5.69 Å². The fraction of sp³-hybridized carbons (Fsp3) is 0.167. The number of carbonyl (C=O) groups excluding carboxylic acids is 2. The zero-order valence-corrected chi connectivity index (χ0v) is 13.2. The van der Waals surface area contributed by atoms with E-state index >= 15 is 0 Å². The van der Waals surface area contributed by atoms with E-state index in [1.165, 1.54) is 6.92 Å². The van der Waals surface area contributed by atoms with Crippen LogP contribution in [0.25, 0.3) is 0 Å². The van der Waals surface area contributed by atoms with E-state index in [-0.39, 0.29) is 25.0 Å². The highest BCUT2D eigenvalue weighted by molar-refractivity contribution is 5.95. The monoisotopic (exact) mass is 323 g/mol. The van der Waals surface area contributed by atoms with Gasteiger partial charge in [0.15, 0.2) is 0 Å². The maximum Gasteiger partial charge on any atom is 0.252 e. The van der Waals surface area contributed by atoms with Crippen LogP contribution in [0.2, 0.25) is 0 Å². The number of rotatable bonds is 5. The van der Waals surface area contributed by atoms with Crippen LogP contribution in [0.1, 0.15) is 17.3 Å². The topological polar surface area (TPSA) is 80.3 Å². The first-order chi connectivity index (χ1) is 11.6. The van der Waals surface area contributed by atoms with Gasteiger partial charge in [-0.3, -0.25) is 14.6 Å². The molecule has 2 aromatic rings. The highest BCUT2D eigenvalue weighted by Gasteiger charge is 2.04. The second kappa shape index (κ2) is 8.96. The van der Waals surface area contributed by atoms with Crippen LogP contribution in [-0.4, -0.2) is 29.9 Å². The summed E-state index contributed by atoms with van der Waals surface area (Å²) in [6.07, 6.45) is 3.27. The molecule has 0 fully saturated rings. The van der Waals surface area contributed by atoms with Crippen molar-refractivity contribution in [2.75, 3.05) is 18.5 Å². The van der Waals surface area contributed by atoms with Crippen LogP contribution >= 0.6 is 0 Å². The molecule has 0 spiro atoms. The molecule has 0 saturated heterocycles. The molecule has 0 bridgehead atoms. The second-order valence-corrected chi connectivity index (χ2v) is 4.77. The standard InChI is InChI=1S/C18H17N3O3/c1-14(22)21-16-8-6-15(7-9-16)18(23)20-11-2-3-12-24-17-5-4-10-19-13-17/h4-10,13H,11-12H2,1H3,(H,20,23)(H,21,22). The normalized spacial score (nSPS) is 9.38. The summed E-state index contributed by atoms with van der Waals surface area (Å²) >= 11 is 0. The van der Waals surface area contributed by atoms with Crippen LogP contribution in [0.5, 0.6) is 5.75 Å². The number of hydrogen-bond acceptors (Lipinski definition) is 4. The smallest absolute Gasteiger partial charge is 0.252 e. The largest absolute Gasteiger partial charge is 0.479 e. The van der Waals surface area contributed by atoms with Gasteiger partial charge in [0.05, 0.1) is 12.7 Å². The summed E-state index contributed by atoms with van der Waals surface area (Å²) in [7, 11) is 0. The van der Waals surface area contributed by atoms with Gasteiger partial charge in [-0.1, -0.05) is 11.8 Å². The van der Waals surface area contributed by atoms with Crippen LogP contribution < -0.4 is 15.4 Å². The van der Waals surface area contributed by atoms with Gasteiger partial charge in [0, 0.05) is 24.4 Å². The molecule has 0 unspecified atom stereocenters. The summed E-state index contributed by atoms with van der Waals surface area (Å²) in [6.45, 7) is 1.88. The summed E-state index contributed by atoms with van der Waals surface area (Å²) in [5, 5.41) is 5.33. The van der Waals surface area contributed by atoms with E-state index in [0.717, 1.165) is 0 Å². The first-order valence-electron chi connectivity index (χ1n) is 7.29. The molecule has 0 saturated carbocycles. The summed E-state index contributed by atoms with van der Waals surface area (Å²) in [4.78, 5) is 26.8. The quantitative estimate of drug-likeness (QED) is 0.823. The maximum atomic E-state index is 11.9. The molecule has 1 heterocycles. The molecule has 6 heteroatoms. The fourth-order valence-corrected chi connectivity index (χ4v) is 1.80. The van der Waals surface area contributed by atoms with Gasteiger partial charge in [0.25, 0.3) is 5.91 Å². The Morgan fingerprint density at radius 1 is 1.17 bits per heavy atom. The van der Waals surface area contributed by atoms with Crippen LogP contribution in [0.15, 0.2) is 48.8 Å². The Bertz CT molecular complexity index is 747. The predicted octanol–water partition coefficient (Wildman–Crippen LogP) is 1.85.